The van der Waals surface area contributed by atoms with Gasteiger partial charge in [0.25, 0.3) is 0 Å². The zero-order valence-corrected chi connectivity index (χ0v) is 8.92. The van der Waals surface area contributed by atoms with Crippen LogP contribution in [0.1, 0.15) is 30.5 Å². The Morgan fingerprint density at radius 3 is 3.07 bits per heavy atom. The molecular formula is C10H13N3S. The van der Waals surface area contributed by atoms with E-state index in [1.165, 1.54) is 5.56 Å². The maximum Gasteiger partial charge on any atom is 0.0830 e. The number of aromatic nitrogens is 3. The third-order valence-electron chi connectivity index (χ3n) is 2.43. The Labute approximate surface area is 87.2 Å². The second-order valence-electron chi connectivity index (χ2n) is 3.33. The van der Waals surface area contributed by atoms with E-state index in [0.29, 0.717) is 5.92 Å². The van der Waals surface area contributed by atoms with E-state index in [1.54, 1.807) is 17.5 Å². The Bertz CT molecular complexity index is 353. The van der Waals surface area contributed by atoms with Gasteiger partial charge in [-0.1, -0.05) is 6.92 Å². The van der Waals surface area contributed by atoms with E-state index in [-0.39, 0.29) is 0 Å². The predicted molar refractivity (Wildman–Crippen MR) is 57.4 cm³/mol. The lowest BCUT2D eigenvalue weighted by Gasteiger charge is -2.10. The molecule has 0 aliphatic rings. The van der Waals surface area contributed by atoms with E-state index in [2.05, 4.69) is 39.2 Å². The van der Waals surface area contributed by atoms with Crippen LogP contribution in [0, 0.1) is 0 Å². The summed E-state index contributed by atoms with van der Waals surface area (Å²) in [5.74, 6) is 0.575. The molecule has 0 amide bonds. The smallest absolute Gasteiger partial charge is 0.0830 e. The minimum absolute atomic E-state index is 0.575. The standard InChI is InChI=1S/C10H13N3S/c1-2-8(9-3-4-14-7-9)5-10-6-11-13-12-10/h3-4,6-8H,2,5H2,1H3,(H,11,12,13). The maximum absolute atomic E-state index is 4.08. The van der Waals surface area contributed by atoms with Crippen LogP contribution >= 0.6 is 11.3 Å². The molecule has 14 heavy (non-hydrogen) atoms. The number of nitrogens with zero attached hydrogens (tertiary/aromatic N) is 2. The number of hydrogen-bond acceptors (Lipinski definition) is 3. The molecule has 3 nitrogen and oxygen atoms in total. The van der Waals surface area contributed by atoms with Crippen LogP contribution in [-0.4, -0.2) is 15.4 Å². The van der Waals surface area contributed by atoms with Gasteiger partial charge >= 0.3 is 0 Å². The van der Waals surface area contributed by atoms with Crippen LogP contribution in [0.5, 0.6) is 0 Å². The molecule has 0 spiro atoms. The third-order valence-corrected chi connectivity index (χ3v) is 3.13. The quantitative estimate of drug-likeness (QED) is 0.837. The minimum Gasteiger partial charge on any atom is -0.198 e. The van der Waals surface area contributed by atoms with E-state index in [9.17, 15) is 0 Å². The zero-order chi connectivity index (χ0) is 9.80. The molecule has 0 aliphatic heterocycles. The minimum atomic E-state index is 0.575. The monoisotopic (exact) mass is 207 g/mol. The van der Waals surface area contributed by atoms with Gasteiger partial charge in [0.15, 0.2) is 0 Å². The van der Waals surface area contributed by atoms with Gasteiger partial charge in [0.2, 0.25) is 0 Å². The molecule has 2 heterocycles. The summed E-state index contributed by atoms with van der Waals surface area (Å²) in [4.78, 5) is 0. The lowest BCUT2D eigenvalue weighted by Crippen LogP contribution is -2.00. The number of thiophene rings is 1. The first-order valence-electron chi connectivity index (χ1n) is 4.77. The second kappa shape index (κ2) is 4.37. The summed E-state index contributed by atoms with van der Waals surface area (Å²) in [6.45, 7) is 2.21. The average molecular weight is 207 g/mol. The molecule has 1 atom stereocenters. The predicted octanol–water partition coefficient (Wildman–Crippen LogP) is 2.60. The fraction of sp³-hybridized carbons (Fsp3) is 0.400. The fourth-order valence-electron chi connectivity index (χ4n) is 1.58. The van der Waals surface area contributed by atoms with Crippen molar-refractivity contribution in [2.75, 3.05) is 0 Å². The van der Waals surface area contributed by atoms with Gasteiger partial charge < -0.3 is 0 Å². The average Bonchev–Trinajstić information content (AvgIpc) is 2.86. The van der Waals surface area contributed by atoms with Crippen LogP contribution in [0.4, 0.5) is 0 Å². The van der Waals surface area contributed by atoms with Crippen LogP contribution < -0.4 is 0 Å². The molecule has 0 bridgehead atoms. The second-order valence-corrected chi connectivity index (χ2v) is 4.11. The lowest BCUT2D eigenvalue weighted by atomic mass is 9.94. The summed E-state index contributed by atoms with van der Waals surface area (Å²) in [6, 6.07) is 2.19. The highest BCUT2D eigenvalue weighted by Crippen LogP contribution is 2.24. The summed E-state index contributed by atoms with van der Waals surface area (Å²) >= 11 is 1.75. The van der Waals surface area contributed by atoms with Gasteiger partial charge in [-0.25, -0.2) is 0 Å². The molecule has 2 aromatic heterocycles. The van der Waals surface area contributed by atoms with Crippen LogP contribution in [0.3, 0.4) is 0 Å². The molecule has 2 aromatic rings. The van der Waals surface area contributed by atoms with Crippen LogP contribution in [0.25, 0.3) is 0 Å². The molecule has 2 rings (SSSR count). The highest BCUT2D eigenvalue weighted by molar-refractivity contribution is 7.07. The van der Waals surface area contributed by atoms with Crippen LogP contribution in [0.2, 0.25) is 0 Å². The lowest BCUT2D eigenvalue weighted by molar-refractivity contribution is 0.650. The van der Waals surface area contributed by atoms with E-state index in [0.717, 1.165) is 18.5 Å². The van der Waals surface area contributed by atoms with Crippen molar-refractivity contribution in [3.63, 3.8) is 0 Å². The summed E-state index contributed by atoms with van der Waals surface area (Å²) in [7, 11) is 0. The molecular weight excluding hydrogens is 194 g/mol. The molecule has 4 heteroatoms. The number of nitrogens with one attached hydrogen (secondary N) is 1. The van der Waals surface area contributed by atoms with Gasteiger partial charge in [0, 0.05) is 0 Å². The van der Waals surface area contributed by atoms with Gasteiger partial charge in [-0.3, -0.25) is 0 Å². The number of aromatic amines is 1. The molecule has 0 saturated carbocycles. The molecule has 0 radical (unpaired) electrons. The first-order valence-corrected chi connectivity index (χ1v) is 5.71. The van der Waals surface area contributed by atoms with Gasteiger partial charge in [0.05, 0.1) is 11.9 Å². The van der Waals surface area contributed by atoms with Crippen molar-refractivity contribution < 1.29 is 0 Å². The summed E-state index contributed by atoms with van der Waals surface area (Å²) < 4.78 is 0. The third kappa shape index (κ3) is 2.01. The van der Waals surface area contributed by atoms with Gasteiger partial charge in [-0.2, -0.15) is 26.7 Å². The van der Waals surface area contributed by atoms with Gasteiger partial charge in [0.1, 0.15) is 0 Å². The first kappa shape index (κ1) is 9.40. The largest absolute Gasteiger partial charge is 0.198 e. The number of hydrogen-bond donors (Lipinski definition) is 1. The van der Waals surface area contributed by atoms with Crippen molar-refractivity contribution in [2.24, 2.45) is 0 Å². The highest BCUT2D eigenvalue weighted by atomic mass is 32.1. The molecule has 0 fully saturated rings. The number of rotatable bonds is 4. The van der Waals surface area contributed by atoms with E-state index in [1.807, 2.05) is 0 Å². The van der Waals surface area contributed by atoms with E-state index >= 15 is 0 Å². The maximum atomic E-state index is 4.08. The van der Waals surface area contributed by atoms with Crippen molar-refractivity contribution in [3.05, 3.63) is 34.3 Å². The summed E-state index contributed by atoms with van der Waals surface area (Å²) in [5, 5.41) is 14.9. The van der Waals surface area contributed by atoms with Crippen molar-refractivity contribution in [2.45, 2.75) is 25.7 Å². The summed E-state index contributed by atoms with van der Waals surface area (Å²) in [5.41, 5.74) is 2.46. The van der Waals surface area contributed by atoms with Gasteiger partial charge in [-0.15, -0.1) is 0 Å². The van der Waals surface area contributed by atoms with Crippen molar-refractivity contribution in [1.82, 2.24) is 15.4 Å². The van der Waals surface area contributed by atoms with Crippen LogP contribution in [-0.2, 0) is 6.42 Å². The Kier molecular flexibility index (Phi) is 2.93. The van der Waals surface area contributed by atoms with Crippen molar-refractivity contribution >= 4 is 11.3 Å². The van der Waals surface area contributed by atoms with E-state index < -0.39 is 0 Å². The summed E-state index contributed by atoms with van der Waals surface area (Å²) in [6.07, 6.45) is 3.92. The molecule has 1 N–H and O–H groups in total. The highest BCUT2D eigenvalue weighted by Gasteiger charge is 2.11. The Balaban J connectivity index is 2.08. The SMILES string of the molecule is CCC(Cc1cn[nH]n1)c1ccsc1. The zero-order valence-electron chi connectivity index (χ0n) is 8.10. The molecule has 0 saturated heterocycles. The molecule has 74 valence electrons. The molecule has 0 aromatic carbocycles. The normalized spacial score (nSPS) is 12.9. The van der Waals surface area contributed by atoms with E-state index in [4.69, 9.17) is 0 Å². The molecule has 1 unspecified atom stereocenters. The van der Waals surface area contributed by atoms with Crippen molar-refractivity contribution in [1.29, 1.82) is 0 Å². The number of H-pyrrole nitrogens is 1. The van der Waals surface area contributed by atoms with Crippen LogP contribution in [0.15, 0.2) is 23.0 Å². The fourth-order valence-corrected chi connectivity index (χ4v) is 2.32. The van der Waals surface area contributed by atoms with Crippen molar-refractivity contribution in [3.8, 4) is 0 Å². The molecule has 0 aliphatic carbocycles. The first-order chi connectivity index (χ1) is 6.90. The Morgan fingerprint density at radius 2 is 2.50 bits per heavy atom. The topological polar surface area (TPSA) is 41.6 Å². The Morgan fingerprint density at radius 1 is 1.57 bits per heavy atom. The van der Waals surface area contributed by atoms with Gasteiger partial charge in [-0.05, 0) is 41.1 Å². The Hall–Kier alpha value is -1.16.